The van der Waals surface area contributed by atoms with Crippen molar-refractivity contribution in [2.75, 3.05) is 0 Å². The van der Waals surface area contributed by atoms with Crippen LogP contribution in [0.15, 0.2) is 12.2 Å². The molecule has 9 heteroatoms. The van der Waals surface area contributed by atoms with E-state index < -0.39 is 34.1 Å². The normalized spacial score (nSPS) is 16.0. The molecule has 0 aromatic rings. The molecule has 0 saturated heterocycles. The highest BCUT2D eigenvalue weighted by Crippen LogP contribution is 2.15. The molecule has 0 heterocycles. The van der Waals surface area contributed by atoms with Crippen LogP contribution in [0.4, 0.5) is 0 Å². The monoisotopic (exact) mass is 387 g/mol. The molecular weight excluding hydrogens is 356 g/mol. The Morgan fingerprint density at radius 1 is 0.889 bits per heavy atom. The molecule has 0 aliphatic rings. The van der Waals surface area contributed by atoms with Gasteiger partial charge < -0.3 is 10.2 Å². The highest BCUT2D eigenvalue weighted by atomic mass is 16.6. The minimum absolute atomic E-state index is 0.0179. The zero-order chi connectivity index (χ0) is 20.7. The molecule has 0 bridgehead atoms. The second kappa shape index (κ2) is 15.2. The van der Waals surface area contributed by atoms with Crippen molar-refractivity contribution in [1.82, 2.24) is 0 Å². The van der Waals surface area contributed by atoms with Crippen molar-refractivity contribution in [1.29, 1.82) is 0 Å². The van der Waals surface area contributed by atoms with Crippen molar-refractivity contribution >= 4 is 6.29 Å². The van der Waals surface area contributed by atoms with Crippen LogP contribution in [-0.4, -0.2) is 50.6 Å². The largest absolute Gasteiger partial charge is 0.386 e. The summed E-state index contributed by atoms with van der Waals surface area (Å²) in [4.78, 5) is 31.3. The number of carbonyl (C=O) groups excluding carboxylic acids is 1. The van der Waals surface area contributed by atoms with Crippen LogP contribution in [-0.2, 0) is 4.79 Å². The van der Waals surface area contributed by atoms with Gasteiger partial charge in [0.2, 0.25) is 12.1 Å². The fourth-order valence-electron chi connectivity index (χ4n) is 2.78. The molecule has 1 radical (unpaired) electrons. The first-order valence-corrected chi connectivity index (χ1v) is 9.48. The summed E-state index contributed by atoms with van der Waals surface area (Å²) < 4.78 is 0. The molecule has 2 N–H and O–H groups in total. The van der Waals surface area contributed by atoms with Crippen LogP contribution in [0.1, 0.15) is 71.1 Å². The molecule has 0 rings (SSSR count). The third-order valence-electron chi connectivity index (χ3n) is 4.48. The number of aliphatic hydroxyl groups is 2. The van der Waals surface area contributed by atoms with Gasteiger partial charge in [-0.3, -0.25) is 25.0 Å². The molecule has 0 aliphatic carbocycles. The van der Waals surface area contributed by atoms with Crippen molar-refractivity contribution in [3.63, 3.8) is 0 Å². The second-order valence-electron chi connectivity index (χ2n) is 6.67. The van der Waals surface area contributed by atoms with Gasteiger partial charge in [0.1, 0.15) is 12.2 Å². The Bertz CT molecular complexity index is 471. The van der Waals surface area contributed by atoms with Crippen molar-refractivity contribution in [2.45, 2.75) is 95.4 Å². The summed E-state index contributed by atoms with van der Waals surface area (Å²) in [7, 11) is 0. The van der Waals surface area contributed by atoms with Crippen molar-refractivity contribution in [2.24, 2.45) is 0 Å². The van der Waals surface area contributed by atoms with Gasteiger partial charge in [0.05, 0.1) is 0 Å². The summed E-state index contributed by atoms with van der Waals surface area (Å²) in [5.74, 6) is 0. The molecule has 0 aliphatic heterocycles. The summed E-state index contributed by atoms with van der Waals surface area (Å²) in [6, 6.07) is -2.35. The van der Waals surface area contributed by atoms with E-state index in [1.54, 1.807) is 6.29 Å². The van der Waals surface area contributed by atoms with Gasteiger partial charge >= 0.3 is 0 Å². The molecule has 0 saturated carbocycles. The van der Waals surface area contributed by atoms with Gasteiger partial charge in [-0.25, -0.2) is 0 Å². The molecule has 4 unspecified atom stereocenters. The minimum atomic E-state index is -1.20. The maximum Gasteiger partial charge on any atom is 0.241 e. The molecular formula is C18H31N2O7. The predicted molar refractivity (Wildman–Crippen MR) is 100 cm³/mol. The maximum atomic E-state index is 11.1. The fraction of sp³-hybridized carbons (Fsp3) is 0.833. The molecule has 0 aromatic heterocycles. The van der Waals surface area contributed by atoms with Crippen molar-refractivity contribution in [3.8, 4) is 0 Å². The molecule has 27 heavy (non-hydrogen) atoms. The third-order valence-corrected chi connectivity index (χ3v) is 4.48. The average molecular weight is 387 g/mol. The van der Waals surface area contributed by atoms with Gasteiger partial charge in [-0.1, -0.05) is 44.8 Å². The van der Waals surface area contributed by atoms with E-state index in [0.717, 1.165) is 12.8 Å². The second-order valence-corrected chi connectivity index (χ2v) is 6.67. The van der Waals surface area contributed by atoms with Crippen LogP contribution in [0.25, 0.3) is 0 Å². The number of rotatable bonds is 17. The van der Waals surface area contributed by atoms with E-state index in [-0.39, 0.29) is 25.7 Å². The molecule has 0 aromatic carbocycles. The van der Waals surface area contributed by atoms with Gasteiger partial charge in [0, 0.05) is 29.1 Å². The Balaban J connectivity index is 4.53. The van der Waals surface area contributed by atoms with Crippen LogP contribution in [0.5, 0.6) is 0 Å². The topological polar surface area (TPSA) is 144 Å². The SMILES string of the molecule is CCCCCC(O)C(C/C=C\CC(C(O)CCCC[C]=O)[N+](=O)[O-])[N+](=O)[O-]. The van der Waals surface area contributed by atoms with Crippen LogP contribution < -0.4 is 0 Å². The summed E-state index contributed by atoms with van der Waals surface area (Å²) in [5, 5.41) is 42.2. The number of aliphatic hydroxyl groups excluding tert-OH is 2. The van der Waals surface area contributed by atoms with Gasteiger partial charge in [-0.05, 0) is 19.3 Å². The third kappa shape index (κ3) is 11.4. The quantitative estimate of drug-likeness (QED) is 0.169. The van der Waals surface area contributed by atoms with Gasteiger partial charge in [-0.15, -0.1) is 0 Å². The van der Waals surface area contributed by atoms with E-state index in [0.29, 0.717) is 25.7 Å². The van der Waals surface area contributed by atoms with E-state index in [2.05, 4.69) is 0 Å². The van der Waals surface area contributed by atoms with E-state index in [4.69, 9.17) is 0 Å². The maximum absolute atomic E-state index is 11.1. The summed E-state index contributed by atoms with van der Waals surface area (Å²) in [6.45, 7) is 2.00. The Morgan fingerprint density at radius 3 is 1.70 bits per heavy atom. The summed E-state index contributed by atoms with van der Waals surface area (Å²) >= 11 is 0. The number of nitro groups is 2. The lowest BCUT2D eigenvalue weighted by Gasteiger charge is -2.15. The number of hydrogen-bond acceptors (Lipinski definition) is 7. The molecule has 0 amide bonds. The van der Waals surface area contributed by atoms with Crippen LogP contribution in [0.3, 0.4) is 0 Å². The van der Waals surface area contributed by atoms with Crippen LogP contribution in [0.2, 0.25) is 0 Å². The van der Waals surface area contributed by atoms with Gasteiger partial charge in [0.25, 0.3) is 0 Å². The van der Waals surface area contributed by atoms with E-state index in [1.807, 2.05) is 6.92 Å². The summed E-state index contributed by atoms with van der Waals surface area (Å²) in [6.07, 6.45) is 6.71. The Kier molecular flexibility index (Phi) is 14.2. The van der Waals surface area contributed by atoms with Gasteiger partial charge in [-0.2, -0.15) is 0 Å². The predicted octanol–water partition coefficient (Wildman–Crippen LogP) is 2.59. The van der Waals surface area contributed by atoms with Crippen LogP contribution >= 0.6 is 0 Å². The Labute approximate surface area is 159 Å². The minimum Gasteiger partial charge on any atom is -0.386 e. The van der Waals surface area contributed by atoms with Crippen molar-refractivity contribution < 1.29 is 24.9 Å². The zero-order valence-corrected chi connectivity index (χ0v) is 15.9. The van der Waals surface area contributed by atoms with E-state index in [9.17, 15) is 35.2 Å². The van der Waals surface area contributed by atoms with Gasteiger partial charge in [0.15, 0.2) is 6.29 Å². The smallest absolute Gasteiger partial charge is 0.241 e. The fourth-order valence-corrected chi connectivity index (χ4v) is 2.78. The lowest BCUT2D eigenvalue weighted by molar-refractivity contribution is -0.534. The lowest BCUT2D eigenvalue weighted by atomic mass is 9.99. The molecule has 0 fully saturated rings. The number of hydrogen-bond donors (Lipinski definition) is 2. The highest BCUT2D eigenvalue weighted by Gasteiger charge is 2.29. The first kappa shape index (κ1) is 25.1. The lowest BCUT2D eigenvalue weighted by Crippen LogP contribution is -2.34. The molecule has 0 spiro atoms. The number of nitrogens with zero attached hydrogens (tertiary/aromatic N) is 2. The standard InChI is InChI=1S/C18H31N2O7/c1-2-3-5-12-17(22)15(19(24)25)10-7-8-11-16(20(26)27)18(23)13-6-4-9-14-21/h7-8,15-18,22-23H,2-6,9-13H2,1H3/b8-7-. The number of unbranched alkanes of at least 4 members (excludes halogenated alkanes) is 4. The van der Waals surface area contributed by atoms with E-state index in [1.165, 1.54) is 12.2 Å². The Morgan fingerprint density at radius 2 is 1.33 bits per heavy atom. The van der Waals surface area contributed by atoms with E-state index >= 15 is 0 Å². The molecule has 155 valence electrons. The highest BCUT2D eigenvalue weighted by molar-refractivity contribution is 5.50. The molecule has 9 nitrogen and oxygen atoms in total. The van der Waals surface area contributed by atoms with Crippen LogP contribution in [0, 0.1) is 20.2 Å². The zero-order valence-electron chi connectivity index (χ0n) is 15.9. The Hall–Kier alpha value is -1.87. The molecule has 4 atom stereocenters. The average Bonchev–Trinajstić information content (AvgIpc) is 2.61. The first-order chi connectivity index (χ1) is 12.8. The summed E-state index contributed by atoms with van der Waals surface area (Å²) in [5.41, 5.74) is 0. The first-order valence-electron chi connectivity index (χ1n) is 9.48. The van der Waals surface area contributed by atoms with Crippen molar-refractivity contribution in [3.05, 3.63) is 32.4 Å².